The van der Waals surface area contributed by atoms with Gasteiger partial charge in [-0.1, -0.05) is 18.2 Å². The Labute approximate surface area is 114 Å². The summed E-state index contributed by atoms with van der Waals surface area (Å²) in [6.07, 6.45) is 1.02. The summed E-state index contributed by atoms with van der Waals surface area (Å²) in [4.78, 5) is 0. The van der Waals surface area contributed by atoms with Crippen molar-refractivity contribution in [3.63, 3.8) is 0 Å². The van der Waals surface area contributed by atoms with Crippen LogP contribution in [0.15, 0.2) is 36.4 Å². The lowest BCUT2D eigenvalue weighted by atomic mass is 9.99. The third-order valence-corrected chi connectivity index (χ3v) is 4.00. The van der Waals surface area contributed by atoms with E-state index in [0.29, 0.717) is 6.04 Å². The summed E-state index contributed by atoms with van der Waals surface area (Å²) in [6.45, 7) is 4.32. The minimum atomic E-state index is 0.376. The van der Waals surface area contributed by atoms with Gasteiger partial charge in [0.2, 0.25) is 0 Å². The van der Waals surface area contributed by atoms with Crippen molar-refractivity contribution in [2.24, 2.45) is 0 Å². The van der Waals surface area contributed by atoms with Gasteiger partial charge in [-0.2, -0.15) is 0 Å². The lowest BCUT2D eigenvalue weighted by Crippen LogP contribution is -2.06. The van der Waals surface area contributed by atoms with Gasteiger partial charge in [0, 0.05) is 5.69 Å². The molecule has 2 aromatic rings. The largest absolute Gasteiger partial charge is 0.497 e. The fraction of sp³-hybridized carbons (Fsp3) is 0.294. The standard InChI is InChI=1S/C17H19NO/c1-11-4-5-13(8-12(11)2)17-10-14-9-15(19-3)6-7-16(14)18-17/h4-9,17-18H,10H2,1-3H3. The number of benzene rings is 2. The van der Waals surface area contributed by atoms with Crippen LogP contribution in [0.4, 0.5) is 5.69 Å². The maximum Gasteiger partial charge on any atom is 0.119 e. The Morgan fingerprint density at radius 3 is 2.63 bits per heavy atom. The summed E-state index contributed by atoms with van der Waals surface area (Å²) in [6, 6.07) is 13.3. The average Bonchev–Trinajstić information content (AvgIpc) is 2.84. The van der Waals surface area contributed by atoms with Crippen molar-refractivity contribution >= 4 is 5.69 Å². The summed E-state index contributed by atoms with van der Waals surface area (Å²) in [5.74, 6) is 0.932. The summed E-state index contributed by atoms with van der Waals surface area (Å²) >= 11 is 0. The molecule has 0 spiro atoms. The molecule has 1 aliphatic rings. The van der Waals surface area contributed by atoms with E-state index in [1.165, 1.54) is 27.9 Å². The van der Waals surface area contributed by atoms with E-state index < -0.39 is 0 Å². The van der Waals surface area contributed by atoms with Gasteiger partial charge in [0.25, 0.3) is 0 Å². The Morgan fingerprint density at radius 1 is 1.05 bits per heavy atom. The lowest BCUT2D eigenvalue weighted by Gasteiger charge is -2.13. The quantitative estimate of drug-likeness (QED) is 0.872. The van der Waals surface area contributed by atoms with Gasteiger partial charge in [-0.05, 0) is 60.7 Å². The molecular formula is C17H19NO. The van der Waals surface area contributed by atoms with Gasteiger partial charge in [-0.3, -0.25) is 0 Å². The van der Waals surface area contributed by atoms with E-state index in [0.717, 1.165) is 12.2 Å². The normalized spacial score (nSPS) is 16.9. The predicted molar refractivity (Wildman–Crippen MR) is 79.0 cm³/mol. The zero-order valence-corrected chi connectivity index (χ0v) is 11.7. The molecule has 2 nitrogen and oxygen atoms in total. The van der Waals surface area contributed by atoms with E-state index in [-0.39, 0.29) is 0 Å². The van der Waals surface area contributed by atoms with Crippen molar-refractivity contribution in [3.8, 4) is 5.75 Å². The van der Waals surface area contributed by atoms with Crippen LogP contribution in [0, 0.1) is 13.8 Å². The maximum absolute atomic E-state index is 5.29. The third-order valence-electron chi connectivity index (χ3n) is 4.00. The molecule has 0 radical (unpaired) electrons. The van der Waals surface area contributed by atoms with Crippen LogP contribution in [0.1, 0.15) is 28.3 Å². The first-order valence-corrected chi connectivity index (χ1v) is 6.68. The summed E-state index contributed by atoms with van der Waals surface area (Å²) in [5.41, 5.74) is 6.62. The average molecular weight is 253 g/mol. The number of nitrogens with one attached hydrogen (secondary N) is 1. The van der Waals surface area contributed by atoms with Gasteiger partial charge in [0.15, 0.2) is 0 Å². The number of methoxy groups -OCH3 is 1. The molecule has 19 heavy (non-hydrogen) atoms. The predicted octanol–water partition coefficient (Wildman–Crippen LogP) is 4.02. The molecule has 0 bridgehead atoms. The fourth-order valence-corrected chi connectivity index (χ4v) is 2.65. The summed E-state index contributed by atoms with van der Waals surface area (Å²) in [5, 5.41) is 3.59. The Hall–Kier alpha value is -1.96. The summed E-state index contributed by atoms with van der Waals surface area (Å²) < 4.78 is 5.29. The molecule has 0 saturated heterocycles. The highest BCUT2D eigenvalue weighted by atomic mass is 16.5. The molecule has 1 heterocycles. The van der Waals surface area contributed by atoms with E-state index in [1.54, 1.807) is 7.11 Å². The number of rotatable bonds is 2. The van der Waals surface area contributed by atoms with Crippen LogP contribution >= 0.6 is 0 Å². The Bertz CT molecular complexity index is 619. The molecule has 1 atom stereocenters. The Balaban J connectivity index is 1.88. The molecule has 0 fully saturated rings. The molecule has 98 valence electrons. The van der Waals surface area contributed by atoms with E-state index in [9.17, 15) is 0 Å². The highest BCUT2D eigenvalue weighted by molar-refractivity contribution is 5.60. The van der Waals surface area contributed by atoms with Crippen LogP contribution < -0.4 is 10.1 Å². The molecule has 2 aromatic carbocycles. The van der Waals surface area contributed by atoms with Crippen LogP contribution in [-0.4, -0.2) is 7.11 Å². The maximum atomic E-state index is 5.29. The monoisotopic (exact) mass is 253 g/mol. The van der Waals surface area contributed by atoms with Gasteiger partial charge in [-0.15, -0.1) is 0 Å². The van der Waals surface area contributed by atoms with Gasteiger partial charge in [0.05, 0.1) is 13.2 Å². The molecule has 2 heteroatoms. The number of fused-ring (bicyclic) bond motifs is 1. The molecule has 0 aliphatic carbocycles. The number of aryl methyl sites for hydroxylation is 2. The first-order valence-electron chi connectivity index (χ1n) is 6.68. The molecule has 0 saturated carbocycles. The zero-order chi connectivity index (χ0) is 13.4. The van der Waals surface area contributed by atoms with Gasteiger partial charge >= 0.3 is 0 Å². The second-order valence-corrected chi connectivity index (χ2v) is 5.27. The minimum Gasteiger partial charge on any atom is -0.497 e. The van der Waals surface area contributed by atoms with E-state index in [4.69, 9.17) is 4.74 Å². The van der Waals surface area contributed by atoms with E-state index >= 15 is 0 Å². The van der Waals surface area contributed by atoms with Crippen LogP contribution in [-0.2, 0) is 6.42 Å². The minimum absolute atomic E-state index is 0.376. The first kappa shape index (κ1) is 12.1. The first-order chi connectivity index (χ1) is 9.17. The van der Waals surface area contributed by atoms with Crippen LogP contribution in [0.25, 0.3) is 0 Å². The third kappa shape index (κ3) is 2.19. The smallest absolute Gasteiger partial charge is 0.119 e. The van der Waals surface area contributed by atoms with E-state index in [1.807, 2.05) is 6.07 Å². The molecule has 0 amide bonds. The van der Waals surface area contributed by atoms with Crippen molar-refractivity contribution < 1.29 is 4.74 Å². The number of hydrogen-bond acceptors (Lipinski definition) is 2. The van der Waals surface area contributed by atoms with Crippen molar-refractivity contribution in [2.45, 2.75) is 26.3 Å². The van der Waals surface area contributed by atoms with Gasteiger partial charge < -0.3 is 10.1 Å². The fourth-order valence-electron chi connectivity index (χ4n) is 2.65. The van der Waals surface area contributed by atoms with Crippen molar-refractivity contribution in [1.82, 2.24) is 0 Å². The molecule has 3 rings (SSSR count). The number of hydrogen-bond donors (Lipinski definition) is 1. The topological polar surface area (TPSA) is 21.3 Å². The molecule has 1 N–H and O–H groups in total. The highest BCUT2D eigenvalue weighted by Crippen LogP contribution is 2.36. The molecule has 0 aromatic heterocycles. The van der Waals surface area contributed by atoms with Crippen molar-refractivity contribution in [3.05, 3.63) is 58.7 Å². The second-order valence-electron chi connectivity index (χ2n) is 5.27. The Morgan fingerprint density at radius 2 is 1.89 bits per heavy atom. The van der Waals surface area contributed by atoms with E-state index in [2.05, 4.69) is 49.5 Å². The lowest BCUT2D eigenvalue weighted by molar-refractivity contribution is 0.414. The summed E-state index contributed by atoms with van der Waals surface area (Å²) in [7, 11) is 1.71. The molecule has 1 unspecified atom stereocenters. The van der Waals surface area contributed by atoms with Crippen LogP contribution in [0.2, 0.25) is 0 Å². The van der Waals surface area contributed by atoms with Crippen molar-refractivity contribution in [1.29, 1.82) is 0 Å². The van der Waals surface area contributed by atoms with Gasteiger partial charge in [-0.25, -0.2) is 0 Å². The zero-order valence-electron chi connectivity index (χ0n) is 11.7. The molecule has 1 aliphatic heterocycles. The van der Waals surface area contributed by atoms with Crippen molar-refractivity contribution in [2.75, 3.05) is 12.4 Å². The van der Waals surface area contributed by atoms with Gasteiger partial charge in [0.1, 0.15) is 5.75 Å². The van der Waals surface area contributed by atoms with Crippen LogP contribution in [0.3, 0.4) is 0 Å². The Kier molecular flexibility index (Phi) is 2.94. The SMILES string of the molecule is COc1ccc2c(c1)CC(c1ccc(C)c(C)c1)N2. The highest BCUT2D eigenvalue weighted by Gasteiger charge is 2.22. The van der Waals surface area contributed by atoms with Crippen LogP contribution in [0.5, 0.6) is 5.75 Å². The molecular weight excluding hydrogens is 234 g/mol. The second kappa shape index (κ2) is 4.61. The number of ether oxygens (including phenoxy) is 1. The number of anilines is 1.